The largest absolute Gasteiger partial charge is 0.339 e. The van der Waals surface area contributed by atoms with Gasteiger partial charge in [-0.05, 0) is 43.7 Å². The second-order valence-corrected chi connectivity index (χ2v) is 8.58. The molecule has 0 saturated heterocycles. The molecular formula is C22H25N3O2S. The lowest BCUT2D eigenvalue weighted by molar-refractivity contribution is -0.131. The monoisotopic (exact) mass is 395 g/mol. The van der Waals surface area contributed by atoms with Crippen LogP contribution >= 0.6 is 11.3 Å². The lowest BCUT2D eigenvalue weighted by Crippen LogP contribution is -2.30. The van der Waals surface area contributed by atoms with E-state index in [2.05, 4.69) is 9.97 Å². The molecule has 0 fully saturated rings. The van der Waals surface area contributed by atoms with Gasteiger partial charge in [0.25, 0.3) is 5.56 Å². The van der Waals surface area contributed by atoms with E-state index in [9.17, 15) is 9.59 Å². The molecule has 4 rings (SSSR count). The Morgan fingerprint density at radius 3 is 2.79 bits per heavy atom. The van der Waals surface area contributed by atoms with E-state index < -0.39 is 0 Å². The van der Waals surface area contributed by atoms with Crippen LogP contribution in [0.1, 0.15) is 54.1 Å². The van der Waals surface area contributed by atoms with Crippen LogP contribution in [0.4, 0.5) is 0 Å². The first-order valence-corrected chi connectivity index (χ1v) is 10.7. The van der Waals surface area contributed by atoms with Crippen molar-refractivity contribution < 1.29 is 4.79 Å². The highest BCUT2D eigenvalue weighted by molar-refractivity contribution is 7.18. The summed E-state index contributed by atoms with van der Waals surface area (Å²) in [4.78, 5) is 36.7. The van der Waals surface area contributed by atoms with Gasteiger partial charge >= 0.3 is 0 Å². The van der Waals surface area contributed by atoms with Gasteiger partial charge in [0.1, 0.15) is 10.7 Å². The van der Waals surface area contributed by atoms with Crippen molar-refractivity contribution in [3.8, 4) is 0 Å². The number of aryl methyl sites for hydroxylation is 3. The third-order valence-electron chi connectivity index (χ3n) is 5.71. The van der Waals surface area contributed by atoms with Crippen LogP contribution in [-0.4, -0.2) is 27.8 Å². The molecule has 1 aliphatic carbocycles. The topological polar surface area (TPSA) is 66.1 Å². The molecule has 0 radical (unpaired) electrons. The molecule has 146 valence electrons. The first kappa shape index (κ1) is 18.9. The minimum atomic E-state index is -0.0575. The number of aromatic nitrogens is 2. The van der Waals surface area contributed by atoms with Crippen molar-refractivity contribution >= 4 is 27.5 Å². The number of fused-ring (bicyclic) bond motifs is 3. The molecule has 1 atom stereocenters. The molecular weight excluding hydrogens is 370 g/mol. The van der Waals surface area contributed by atoms with Crippen molar-refractivity contribution in [3.63, 3.8) is 0 Å². The molecule has 5 nitrogen and oxygen atoms in total. The van der Waals surface area contributed by atoms with Crippen LogP contribution in [0.15, 0.2) is 35.1 Å². The molecule has 0 spiro atoms. The fourth-order valence-electron chi connectivity index (χ4n) is 3.90. The molecule has 2 heterocycles. The summed E-state index contributed by atoms with van der Waals surface area (Å²) in [6.45, 7) is 2.02. The molecule has 0 bridgehead atoms. The minimum Gasteiger partial charge on any atom is -0.339 e. The number of rotatable bonds is 5. The molecule has 6 heteroatoms. The van der Waals surface area contributed by atoms with Crippen LogP contribution in [0.5, 0.6) is 0 Å². The van der Waals surface area contributed by atoms with Crippen molar-refractivity contribution in [2.75, 3.05) is 7.05 Å². The third kappa shape index (κ3) is 3.61. The van der Waals surface area contributed by atoms with E-state index in [0.29, 0.717) is 18.7 Å². The standard InChI is InChI=1S/C22H25N3O2S/c1-14(15-8-4-3-5-9-15)25(2)19(26)13-12-18-23-21(27)20-16-10-6-7-11-17(16)28-22(20)24-18/h3-5,8-9,14H,6-7,10-13H2,1-2H3,(H,23,24,27)/t14-/m0/s1. The zero-order valence-electron chi connectivity index (χ0n) is 16.3. The quantitative estimate of drug-likeness (QED) is 0.710. The molecule has 0 unspecified atom stereocenters. The fourth-order valence-corrected chi connectivity index (χ4v) is 5.18. The van der Waals surface area contributed by atoms with E-state index in [4.69, 9.17) is 0 Å². The van der Waals surface area contributed by atoms with Crippen LogP contribution in [-0.2, 0) is 24.1 Å². The number of H-pyrrole nitrogens is 1. The maximum absolute atomic E-state index is 12.6. The summed E-state index contributed by atoms with van der Waals surface area (Å²) in [6, 6.07) is 9.99. The van der Waals surface area contributed by atoms with E-state index in [1.165, 1.54) is 16.9 Å². The van der Waals surface area contributed by atoms with Crippen LogP contribution in [0.25, 0.3) is 10.2 Å². The number of thiophene rings is 1. The second-order valence-electron chi connectivity index (χ2n) is 7.49. The molecule has 1 aliphatic rings. The van der Waals surface area contributed by atoms with Gasteiger partial charge in [-0.25, -0.2) is 4.98 Å². The lowest BCUT2D eigenvalue weighted by Gasteiger charge is -2.25. The fraction of sp³-hybridized carbons (Fsp3) is 0.409. The Kier molecular flexibility index (Phi) is 5.31. The Labute approximate surface area is 168 Å². The van der Waals surface area contributed by atoms with Crippen LogP contribution in [0, 0.1) is 0 Å². The molecule has 28 heavy (non-hydrogen) atoms. The van der Waals surface area contributed by atoms with Gasteiger partial charge in [-0.2, -0.15) is 0 Å². The zero-order valence-corrected chi connectivity index (χ0v) is 17.1. The normalized spacial score (nSPS) is 14.6. The molecule has 0 saturated carbocycles. The number of nitrogens with one attached hydrogen (secondary N) is 1. The van der Waals surface area contributed by atoms with Crippen LogP contribution < -0.4 is 5.56 Å². The van der Waals surface area contributed by atoms with Crippen molar-refractivity contribution in [1.29, 1.82) is 0 Å². The Bertz CT molecular complexity index is 1050. The van der Waals surface area contributed by atoms with E-state index in [1.807, 2.05) is 44.3 Å². The number of carbonyl (C=O) groups is 1. The summed E-state index contributed by atoms with van der Waals surface area (Å²) in [5.41, 5.74) is 2.24. The Hall–Kier alpha value is -2.47. The molecule has 1 amide bonds. The van der Waals surface area contributed by atoms with Gasteiger partial charge in [-0.3, -0.25) is 9.59 Å². The summed E-state index contributed by atoms with van der Waals surface area (Å²) in [5, 5.41) is 0.768. The lowest BCUT2D eigenvalue weighted by atomic mass is 9.97. The Balaban J connectivity index is 1.48. The summed E-state index contributed by atoms with van der Waals surface area (Å²) in [7, 11) is 1.83. The average Bonchev–Trinajstić information content (AvgIpc) is 3.10. The van der Waals surface area contributed by atoms with E-state index in [1.54, 1.807) is 16.2 Å². The SMILES string of the molecule is C[C@@H](c1ccccc1)N(C)C(=O)CCc1nc2sc3c(c2c(=O)[nH]1)CCCC3. The van der Waals surface area contributed by atoms with Gasteiger partial charge < -0.3 is 9.88 Å². The molecule has 1 N–H and O–H groups in total. The highest BCUT2D eigenvalue weighted by Crippen LogP contribution is 2.33. The number of carbonyl (C=O) groups excluding carboxylic acids is 1. The number of benzene rings is 1. The smallest absolute Gasteiger partial charge is 0.259 e. The van der Waals surface area contributed by atoms with Crippen LogP contribution in [0.2, 0.25) is 0 Å². The van der Waals surface area contributed by atoms with Crippen LogP contribution in [0.3, 0.4) is 0 Å². The van der Waals surface area contributed by atoms with Gasteiger partial charge in [-0.1, -0.05) is 30.3 Å². The van der Waals surface area contributed by atoms with Crippen molar-refractivity contribution in [1.82, 2.24) is 14.9 Å². The maximum atomic E-state index is 12.6. The molecule has 3 aromatic rings. The average molecular weight is 396 g/mol. The van der Waals surface area contributed by atoms with E-state index in [-0.39, 0.29) is 17.5 Å². The Morgan fingerprint density at radius 1 is 1.25 bits per heavy atom. The predicted octanol–water partition coefficient (Wildman–Crippen LogP) is 4.02. The van der Waals surface area contributed by atoms with E-state index in [0.717, 1.165) is 35.0 Å². The summed E-state index contributed by atoms with van der Waals surface area (Å²) >= 11 is 1.64. The molecule has 1 aromatic carbocycles. The summed E-state index contributed by atoms with van der Waals surface area (Å²) < 4.78 is 0. The highest BCUT2D eigenvalue weighted by atomic mass is 32.1. The molecule has 2 aromatic heterocycles. The van der Waals surface area contributed by atoms with Crippen molar-refractivity contribution in [3.05, 3.63) is 62.5 Å². The highest BCUT2D eigenvalue weighted by Gasteiger charge is 2.21. The van der Waals surface area contributed by atoms with Gasteiger partial charge in [0.15, 0.2) is 0 Å². The minimum absolute atomic E-state index is 0.00668. The van der Waals surface area contributed by atoms with E-state index >= 15 is 0 Å². The maximum Gasteiger partial charge on any atom is 0.259 e. The number of hydrogen-bond acceptors (Lipinski definition) is 4. The van der Waals surface area contributed by atoms with Crippen molar-refractivity contribution in [2.24, 2.45) is 0 Å². The first-order valence-electron chi connectivity index (χ1n) is 9.88. The number of aromatic amines is 1. The third-order valence-corrected chi connectivity index (χ3v) is 6.89. The Morgan fingerprint density at radius 2 is 2.00 bits per heavy atom. The number of amides is 1. The zero-order chi connectivity index (χ0) is 19.7. The predicted molar refractivity (Wildman–Crippen MR) is 113 cm³/mol. The van der Waals surface area contributed by atoms with Gasteiger partial charge in [0.05, 0.1) is 11.4 Å². The van der Waals surface area contributed by atoms with Crippen molar-refractivity contribution in [2.45, 2.75) is 51.5 Å². The summed E-state index contributed by atoms with van der Waals surface area (Å²) in [5.74, 6) is 0.648. The summed E-state index contributed by atoms with van der Waals surface area (Å²) in [6.07, 6.45) is 5.11. The molecule has 0 aliphatic heterocycles. The number of nitrogens with zero attached hydrogens (tertiary/aromatic N) is 2. The second kappa shape index (κ2) is 7.87. The van der Waals surface area contributed by atoms with Gasteiger partial charge in [0.2, 0.25) is 5.91 Å². The first-order chi connectivity index (χ1) is 13.5. The van der Waals surface area contributed by atoms with Gasteiger partial charge in [-0.15, -0.1) is 11.3 Å². The van der Waals surface area contributed by atoms with Gasteiger partial charge in [0, 0.05) is 24.8 Å². The number of hydrogen-bond donors (Lipinski definition) is 1.